The van der Waals surface area contributed by atoms with Crippen LogP contribution in [0, 0.1) is 11.8 Å². The van der Waals surface area contributed by atoms with E-state index in [0.29, 0.717) is 18.5 Å². The van der Waals surface area contributed by atoms with E-state index in [2.05, 4.69) is 5.10 Å². The van der Waals surface area contributed by atoms with Crippen molar-refractivity contribution in [3.8, 4) is 0 Å². The fraction of sp³-hybridized carbons (Fsp3) is 0.750. The summed E-state index contributed by atoms with van der Waals surface area (Å²) in [7, 11) is 0. The Morgan fingerprint density at radius 2 is 1.89 bits per heavy atom. The number of alkyl halides is 3. The van der Waals surface area contributed by atoms with Crippen molar-refractivity contribution in [2.45, 2.75) is 44.8 Å². The van der Waals surface area contributed by atoms with E-state index < -0.39 is 12.1 Å². The molecular weight excluding hydrogens is 279 g/mol. The minimum absolute atomic E-state index is 0. The van der Waals surface area contributed by atoms with Crippen LogP contribution < -0.4 is 5.73 Å². The third kappa shape index (κ3) is 3.78. The van der Waals surface area contributed by atoms with Crippen LogP contribution >= 0.6 is 12.4 Å². The third-order valence-electron chi connectivity index (χ3n) is 3.96. The van der Waals surface area contributed by atoms with Gasteiger partial charge in [0.1, 0.15) is 0 Å². The maximum absolute atomic E-state index is 12.6. The number of rotatable bonds is 2. The molecule has 1 aromatic heterocycles. The number of hydrogen-bond donors (Lipinski definition) is 1. The third-order valence-corrected chi connectivity index (χ3v) is 3.96. The van der Waals surface area contributed by atoms with Gasteiger partial charge >= 0.3 is 6.18 Å². The molecule has 0 aliphatic heterocycles. The lowest BCUT2D eigenvalue weighted by molar-refractivity contribution is -0.184. The van der Waals surface area contributed by atoms with Crippen molar-refractivity contribution in [1.29, 1.82) is 0 Å². The number of aromatic nitrogens is 2. The highest BCUT2D eigenvalue weighted by molar-refractivity contribution is 5.85. The van der Waals surface area contributed by atoms with Crippen LogP contribution in [0.25, 0.3) is 0 Å². The fourth-order valence-electron chi connectivity index (χ4n) is 2.72. The Kier molecular flexibility index (Phi) is 5.12. The zero-order valence-electron chi connectivity index (χ0n) is 10.7. The van der Waals surface area contributed by atoms with Gasteiger partial charge < -0.3 is 5.73 Å². The molecule has 1 aliphatic rings. The van der Waals surface area contributed by atoms with E-state index in [1.807, 2.05) is 6.92 Å². The van der Waals surface area contributed by atoms with Crippen molar-refractivity contribution in [2.75, 3.05) is 5.73 Å². The summed E-state index contributed by atoms with van der Waals surface area (Å²) in [6, 6.07) is 0.108. The van der Waals surface area contributed by atoms with E-state index in [1.165, 1.54) is 0 Å². The van der Waals surface area contributed by atoms with Crippen LogP contribution in [-0.4, -0.2) is 16.0 Å². The van der Waals surface area contributed by atoms with Gasteiger partial charge in [-0.15, -0.1) is 12.4 Å². The van der Waals surface area contributed by atoms with Crippen LogP contribution in [0.1, 0.15) is 38.6 Å². The van der Waals surface area contributed by atoms with E-state index >= 15 is 0 Å². The summed E-state index contributed by atoms with van der Waals surface area (Å²) in [6.07, 6.45) is 0.934. The summed E-state index contributed by atoms with van der Waals surface area (Å²) >= 11 is 0. The monoisotopic (exact) mass is 297 g/mol. The highest BCUT2D eigenvalue weighted by Gasteiger charge is 2.42. The van der Waals surface area contributed by atoms with E-state index in [1.54, 1.807) is 17.1 Å². The van der Waals surface area contributed by atoms with Crippen LogP contribution in [0.4, 0.5) is 18.9 Å². The Morgan fingerprint density at radius 3 is 2.32 bits per heavy atom. The van der Waals surface area contributed by atoms with Crippen molar-refractivity contribution in [3.05, 3.63) is 12.4 Å². The molecule has 0 bridgehead atoms. The first kappa shape index (κ1) is 16.1. The highest BCUT2D eigenvalue weighted by Crippen LogP contribution is 2.42. The molecule has 1 unspecified atom stereocenters. The first-order valence-electron chi connectivity index (χ1n) is 6.24. The molecule has 1 heterocycles. The van der Waals surface area contributed by atoms with E-state index in [0.717, 1.165) is 0 Å². The van der Waals surface area contributed by atoms with Gasteiger partial charge in [-0.3, -0.25) is 4.68 Å². The van der Waals surface area contributed by atoms with E-state index in [4.69, 9.17) is 5.73 Å². The smallest absolute Gasteiger partial charge is 0.391 e. The standard InChI is InChI=1S/C12H18F3N3.ClH/c1-8(18-7-11(16)6-17-18)9-2-4-10(5-3-9)12(13,14)15;/h6-10H,2-5,16H2,1H3;1H. The summed E-state index contributed by atoms with van der Waals surface area (Å²) in [6.45, 7) is 1.99. The predicted octanol–water partition coefficient (Wildman–Crippen LogP) is 3.82. The maximum Gasteiger partial charge on any atom is 0.391 e. The molecule has 1 aliphatic carbocycles. The average Bonchev–Trinajstić information content (AvgIpc) is 2.74. The minimum atomic E-state index is -4.04. The molecule has 0 saturated heterocycles. The molecular formula is C12H19ClF3N3. The largest absolute Gasteiger partial charge is 0.396 e. The molecule has 0 spiro atoms. The van der Waals surface area contributed by atoms with Gasteiger partial charge in [0.05, 0.1) is 23.8 Å². The molecule has 7 heteroatoms. The van der Waals surface area contributed by atoms with Crippen molar-refractivity contribution >= 4 is 18.1 Å². The number of hydrogen-bond acceptors (Lipinski definition) is 2. The summed E-state index contributed by atoms with van der Waals surface area (Å²) in [4.78, 5) is 0. The fourth-order valence-corrected chi connectivity index (χ4v) is 2.72. The predicted molar refractivity (Wildman–Crippen MR) is 70.1 cm³/mol. The van der Waals surface area contributed by atoms with Crippen LogP contribution in [0.5, 0.6) is 0 Å². The Labute approximate surface area is 116 Å². The molecule has 1 aromatic rings. The molecule has 1 fully saturated rings. The molecule has 2 N–H and O–H groups in total. The van der Waals surface area contributed by atoms with Gasteiger partial charge in [-0.05, 0) is 38.5 Å². The average molecular weight is 298 g/mol. The molecule has 110 valence electrons. The summed E-state index contributed by atoms with van der Waals surface area (Å²) in [5.74, 6) is -0.869. The van der Waals surface area contributed by atoms with Gasteiger partial charge in [-0.2, -0.15) is 18.3 Å². The van der Waals surface area contributed by atoms with Crippen LogP contribution in [-0.2, 0) is 0 Å². The lowest BCUT2D eigenvalue weighted by atomic mass is 9.78. The second kappa shape index (κ2) is 6.03. The first-order valence-corrected chi connectivity index (χ1v) is 6.24. The van der Waals surface area contributed by atoms with Crippen molar-refractivity contribution < 1.29 is 13.2 Å². The lowest BCUT2D eigenvalue weighted by Gasteiger charge is -2.33. The second-order valence-corrected chi connectivity index (χ2v) is 5.15. The lowest BCUT2D eigenvalue weighted by Crippen LogP contribution is -2.30. The van der Waals surface area contributed by atoms with Gasteiger partial charge in [-0.25, -0.2) is 0 Å². The number of nitrogens with two attached hydrogens (primary N) is 1. The van der Waals surface area contributed by atoms with Crippen LogP contribution in [0.2, 0.25) is 0 Å². The summed E-state index contributed by atoms with van der Waals surface area (Å²) < 4.78 is 39.4. The van der Waals surface area contributed by atoms with E-state index in [-0.39, 0.29) is 37.2 Å². The number of nitrogens with zero attached hydrogens (tertiary/aromatic N) is 2. The van der Waals surface area contributed by atoms with Gasteiger partial charge in [0, 0.05) is 6.20 Å². The molecule has 0 radical (unpaired) electrons. The zero-order chi connectivity index (χ0) is 13.3. The topological polar surface area (TPSA) is 43.8 Å². The van der Waals surface area contributed by atoms with Gasteiger partial charge in [0.15, 0.2) is 0 Å². The number of nitrogen functional groups attached to an aromatic ring is 1. The van der Waals surface area contributed by atoms with Crippen LogP contribution in [0.3, 0.4) is 0 Å². The molecule has 19 heavy (non-hydrogen) atoms. The maximum atomic E-state index is 12.6. The van der Waals surface area contributed by atoms with Gasteiger partial charge in [-0.1, -0.05) is 0 Å². The van der Waals surface area contributed by atoms with Crippen LogP contribution in [0.15, 0.2) is 12.4 Å². The molecule has 0 amide bonds. The molecule has 0 aromatic carbocycles. The Bertz CT molecular complexity index is 397. The number of anilines is 1. The number of halogens is 4. The first-order chi connectivity index (χ1) is 8.38. The quantitative estimate of drug-likeness (QED) is 0.902. The normalized spacial score (nSPS) is 25.7. The Morgan fingerprint density at radius 1 is 1.32 bits per heavy atom. The minimum Gasteiger partial charge on any atom is -0.396 e. The SMILES string of the molecule is CC(C1CCC(C(F)(F)F)CC1)n1cc(N)cn1.Cl. The molecule has 3 nitrogen and oxygen atoms in total. The van der Waals surface area contributed by atoms with Gasteiger partial charge in [0.25, 0.3) is 0 Å². The van der Waals surface area contributed by atoms with E-state index in [9.17, 15) is 13.2 Å². The highest BCUT2D eigenvalue weighted by atomic mass is 35.5. The summed E-state index contributed by atoms with van der Waals surface area (Å²) in [5, 5.41) is 4.13. The molecule has 1 saturated carbocycles. The van der Waals surface area contributed by atoms with Crippen molar-refractivity contribution in [1.82, 2.24) is 9.78 Å². The zero-order valence-corrected chi connectivity index (χ0v) is 11.5. The summed E-state index contributed by atoms with van der Waals surface area (Å²) in [5.41, 5.74) is 6.18. The Balaban J connectivity index is 0.00000180. The van der Waals surface area contributed by atoms with Gasteiger partial charge in [0.2, 0.25) is 0 Å². The second-order valence-electron chi connectivity index (χ2n) is 5.15. The molecule has 1 atom stereocenters. The van der Waals surface area contributed by atoms with Crippen molar-refractivity contribution in [2.24, 2.45) is 11.8 Å². The van der Waals surface area contributed by atoms with Crippen molar-refractivity contribution in [3.63, 3.8) is 0 Å². The molecule has 2 rings (SSSR count). The Hall–Kier alpha value is -0.910.